The molecule has 2 fully saturated rings. The number of carbonyl (C=O) groups excluding carboxylic acids is 4. The Labute approximate surface area is 152 Å². The van der Waals surface area contributed by atoms with Gasteiger partial charge in [0, 0.05) is 33.6 Å². The zero-order valence-electron chi connectivity index (χ0n) is 16.0. The Bertz CT molecular complexity index is 531. The summed E-state index contributed by atoms with van der Waals surface area (Å²) in [6, 6.07) is 0. The molecule has 0 aromatic rings. The Balaban J connectivity index is 2.34. The van der Waals surface area contributed by atoms with Gasteiger partial charge in [0.05, 0.1) is 0 Å². The molecule has 0 spiro atoms. The Morgan fingerprint density at radius 2 is 1.00 bits per heavy atom. The molecule has 2 heterocycles. The van der Waals surface area contributed by atoms with Gasteiger partial charge in [0.15, 0.2) is 11.8 Å². The van der Waals surface area contributed by atoms with Gasteiger partial charge in [0.2, 0.25) is 0 Å². The van der Waals surface area contributed by atoms with Crippen LogP contribution in [0.3, 0.4) is 0 Å². The summed E-state index contributed by atoms with van der Waals surface area (Å²) in [5, 5.41) is 0. The van der Waals surface area contributed by atoms with Crippen LogP contribution in [0, 0.1) is 23.7 Å². The summed E-state index contributed by atoms with van der Waals surface area (Å²) in [4.78, 5) is 49.9. The third-order valence-electron chi connectivity index (χ3n) is 4.33. The monoisotopic (exact) mass is 370 g/mol. The first-order valence-corrected chi connectivity index (χ1v) is 8.74. The maximum atomic E-state index is 12.5. The van der Waals surface area contributed by atoms with Crippen molar-refractivity contribution in [2.75, 3.05) is 0 Å². The van der Waals surface area contributed by atoms with Crippen molar-refractivity contribution in [2.45, 2.75) is 66.0 Å². The summed E-state index contributed by atoms with van der Waals surface area (Å²) < 4.78 is 20.6. The summed E-state index contributed by atoms with van der Waals surface area (Å²) in [5.41, 5.74) is 0. The van der Waals surface area contributed by atoms with Gasteiger partial charge in [-0.3, -0.25) is 19.2 Å². The smallest absolute Gasteiger partial charge is 0.323 e. The molecule has 0 saturated carbocycles. The topological polar surface area (TPSA) is 105 Å². The molecule has 0 amide bonds. The molecule has 2 aliphatic rings. The third kappa shape index (κ3) is 4.34. The summed E-state index contributed by atoms with van der Waals surface area (Å²) in [7, 11) is 0. The van der Waals surface area contributed by atoms with Gasteiger partial charge >= 0.3 is 23.9 Å². The highest BCUT2D eigenvalue weighted by atomic mass is 16.8. The number of carbonyl (C=O) groups is 4. The molecule has 2 rings (SSSR count). The van der Waals surface area contributed by atoms with Crippen molar-refractivity contribution >= 4 is 23.9 Å². The van der Waals surface area contributed by atoms with E-state index in [9.17, 15) is 19.2 Å². The molecule has 0 atom stereocenters. The number of cyclic esters (lactones) is 4. The second-order valence-corrected chi connectivity index (χ2v) is 8.07. The number of hydrogen-bond acceptors (Lipinski definition) is 8. The normalized spacial score (nSPS) is 23.5. The average Bonchev–Trinajstić information content (AvgIpc) is 2.39. The molecular weight excluding hydrogens is 344 g/mol. The lowest BCUT2D eigenvalue weighted by Crippen LogP contribution is -2.55. The molecule has 0 unspecified atom stereocenters. The molecule has 26 heavy (non-hydrogen) atoms. The average molecular weight is 370 g/mol. The molecule has 0 aliphatic carbocycles. The van der Waals surface area contributed by atoms with Gasteiger partial charge < -0.3 is 18.9 Å². The van der Waals surface area contributed by atoms with Crippen LogP contribution in [0.1, 0.15) is 54.4 Å². The number of ether oxygens (including phenoxy) is 4. The molecule has 0 bridgehead atoms. The van der Waals surface area contributed by atoms with Crippen molar-refractivity contribution in [1.29, 1.82) is 0 Å². The van der Waals surface area contributed by atoms with E-state index in [0.717, 1.165) is 0 Å². The van der Waals surface area contributed by atoms with E-state index in [-0.39, 0.29) is 12.3 Å². The SMILES string of the molecule is CC(C)CCC(C1C(=O)OC(C)(C)OC1=O)C1C(=O)OC(C)(C)OC1=O. The summed E-state index contributed by atoms with van der Waals surface area (Å²) >= 11 is 0. The Morgan fingerprint density at radius 1 is 0.692 bits per heavy atom. The van der Waals surface area contributed by atoms with E-state index in [1.54, 1.807) is 0 Å². The molecule has 8 heteroatoms. The summed E-state index contributed by atoms with van der Waals surface area (Å²) in [6.07, 6.45) is 0.855. The fourth-order valence-corrected chi connectivity index (χ4v) is 3.21. The number of hydrogen-bond donors (Lipinski definition) is 0. The largest absolute Gasteiger partial charge is 0.422 e. The molecule has 0 aromatic heterocycles. The van der Waals surface area contributed by atoms with Gasteiger partial charge in [0.25, 0.3) is 11.6 Å². The lowest BCUT2D eigenvalue weighted by Gasteiger charge is -2.40. The maximum absolute atomic E-state index is 12.5. The Morgan fingerprint density at radius 3 is 1.27 bits per heavy atom. The highest BCUT2D eigenvalue weighted by Gasteiger charge is 2.55. The fourth-order valence-electron chi connectivity index (χ4n) is 3.21. The number of esters is 4. The van der Waals surface area contributed by atoms with Crippen LogP contribution in [-0.4, -0.2) is 35.5 Å². The minimum absolute atomic E-state index is 0.233. The minimum atomic E-state index is -1.39. The van der Waals surface area contributed by atoms with Crippen molar-refractivity contribution in [3.05, 3.63) is 0 Å². The van der Waals surface area contributed by atoms with Crippen LogP contribution in [0.2, 0.25) is 0 Å². The fraction of sp³-hybridized carbons (Fsp3) is 0.778. The van der Waals surface area contributed by atoms with Crippen molar-refractivity contribution in [3.63, 3.8) is 0 Å². The summed E-state index contributed by atoms with van der Waals surface area (Å²) in [5.74, 6) is -9.51. The summed E-state index contributed by atoms with van der Waals surface area (Å²) in [6.45, 7) is 9.67. The van der Waals surface area contributed by atoms with E-state index in [1.807, 2.05) is 13.8 Å². The van der Waals surface area contributed by atoms with Gasteiger partial charge in [-0.25, -0.2) is 0 Å². The molecule has 2 saturated heterocycles. The second kappa shape index (κ2) is 6.89. The quantitative estimate of drug-likeness (QED) is 0.534. The van der Waals surface area contributed by atoms with Crippen LogP contribution in [0.4, 0.5) is 0 Å². The van der Waals surface area contributed by atoms with Crippen LogP contribution in [-0.2, 0) is 38.1 Å². The molecule has 2 aliphatic heterocycles. The Hall–Kier alpha value is -2.12. The standard InChI is InChI=1S/C18H26O8/c1-9(2)7-8-10(11-13(19)23-17(3,4)24-14(11)20)12-15(21)25-18(5,6)26-16(12)22/h9-12H,7-8H2,1-6H3. The zero-order chi connectivity index (χ0) is 19.9. The molecule has 0 aromatic carbocycles. The molecule has 8 nitrogen and oxygen atoms in total. The minimum Gasteiger partial charge on any atom is -0.422 e. The first-order valence-electron chi connectivity index (χ1n) is 8.74. The predicted octanol–water partition coefficient (Wildman–Crippen LogP) is 1.94. The molecular formula is C18H26O8. The van der Waals surface area contributed by atoms with E-state index in [4.69, 9.17) is 18.9 Å². The first-order chi connectivity index (χ1) is 11.8. The lowest BCUT2D eigenvalue weighted by atomic mass is 9.76. The van der Waals surface area contributed by atoms with Crippen LogP contribution >= 0.6 is 0 Å². The number of rotatable bonds is 5. The molecule has 0 radical (unpaired) electrons. The van der Waals surface area contributed by atoms with Crippen LogP contribution in [0.25, 0.3) is 0 Å². The van der Waals surface area contributed by atoms with Gasteiger partial charge in [-0.05, 0) is 12.3 Å². The van der Waals surface area contributed by atoms with Crippen molar-refractivity contribution in [1.82, 2.24) is 0 Å². The first kappa shape index (κ1) is 20.2. The van der Waals surface area contributed by atoms with Gasteiger partial charge in [-0.15, -0.1) is 0 Å². The zero-order valence-corrected chi connectivity index (χ0v) is 16.0. The maximum Gasteiger partial charge on any atom is 0.323 e. The van der Waals surface area contributed by atoms with Gasteiger partial charge in [0.1, 0.15) is 0 Å². The predicted molar refractivity (Wildman–Crippen MR) is 87.1 cm³/mol. The van der Waals surface area contributed by atoms with Crippen molar-refractivity contribution < 1.29 is 38.1 Å². The third-order valence-corrected chi connectivity index (χ3v) is 4.33. The van der Waals surface area contributed by atoms with E-state index >= 15 is 0 Å². The van der Waals surface area contributed by atoms with Crippen molar-refractivity contribution in [3.8, 4) is 0 Å². The van der Waals surface area contributed by atoms with E-state index in [0.29, 0.717) is 6.42 Å². The van der Waals surface area contributed by atoms with Crippen LogP contribution in [0.15, 0.2) is 0 Å². The van der Waals surface area contributed by atoms with Crippen molar-refractivity contribution in [2.24, 2.45) is 23.7 Å². The van der Waals surface area contributed by atoms with E-state index < -0.39 is 53.2 Å². The molecule has 146 valence electrons. The second-order valence-electron chi connectivity index (χ2n) is 8.07. The Kier molecular flexibility index (Phi) is 5.35. The van der Waals surface area contributed by atoms with Gasteiger partial charge in [-0.2, -0.15) is 0 Å². The lowest BCUT2D eigenvalue weighted by molar-refractivity contribution is -0.251. The van der Waals surface area contributed by atoms with Crippen LogP contribution < -0.4 is 0 Å². The van der Waals surface area contributed by atoms with Crippen LogP contribution in [0.5, 0.6) is 0 Å². The van der Waals surface area contributed by atoms with Gasteiger partial charge in [-0.1, -0.05) is 20.3 Å². The van der Waals surface area contributed by atoms with E-state index in [2.05, 4.69) is 0 Å². The highest BCUT2D eigenvalue weighted by molar-refractivity contribution is 6.01. The highest BCUT2D eigenvalue weighted by Crippen LogP contribution is 2.38. The molecule has 0 N–H and O–H groups in total. The van der Waals surface area contributed by atoms with E-state index in [1.165, 1.54) is 27.7 Å².